The Morgan fingerprint density at radius 3 is 2.38 bits per heavy atom. The molecule has 0 bridgehead atoms. The van der Waals surface area contributed by atoms with Gasteiger partial charge in [0.25, 0.3) is 0 Å². The molecule has 118 valence electrons. The molecule has 0 unspecified atom stereocenters. The number of sulfonamides is 1. The molecule has 1 saturated carbocycles. The molecule has 0 heterocycles. The first-order valence-electron chi connectivity index (χ1n) is 6.89. The average Bonchev–Trinajstić information content (AvgIpc) is 2.44. The maximum atomic E-state index is 12.7. The van der Waals surface area contributed by atoms with Crippen molar-refractivity contribution in [2.45, 2.75) is 30.2 Å². The Kier molecular flexibility index (Phi) is 5.08. The Labute approximate surface area is 125 Å². The molecule has 0 atom stereocenters. The fraction of sp³-hybridized carbons (Fsp3) is 0.571. The van der Waals surface area contributed by atoms with E-state index in [0.717, 1.165) is 19.3 Å². The van der Waals surface area contributed by atoms with Crippen molar-refractivity contribution in [2.24, 2.45) is 0 Å². The Bertz CT molecular complexity index is 583. The van der Waals surface area contributed by atoms with Crippen molar-refractivity contribution in [3.8, 4) is 11.5 Å². The quantitative estimate of drug-likeness (QED) is 0.819. The van der Waals surface area contributed by atoms with Crippen molar-refractivity contribution in [2.75, 3.05) is 27.4 Å². The molecule has 1 aliphatic carbocycles. The lowest BCUT2D eigenvalue weighted by Crippen LogP contribution is -2.45. The number of nitrogens with zero attached hydrogens (tertiary/aromatic N) is 1. The Morgan fingerprint density at radius 1 is 1.24 bits per heavy atom. The Balaban J connectivity index is 2.37. The highest BCUT2D eigenvalue weighted by molar-refractivity contribution is 7.89. The van der Waals surface area contributed by atoms with E-state index in [2.05, 4.69) is 0 Å². The second-order valence-corrected chi connectivity index (χ2v) is 6.83. The number of methoxy groups -OCH3 is 2. The van der Waals surface area contributed by atoms with Crippen LogP contribution in [0.1, 0.15) is 19.3 Å². The Hall–Kier alpha value is -1.31. The highest BCUT2D eigenvalue weighted by atomic mass is 32.2. The normalized spacial score (nSPS) is 15.8. The monoisotopic (exact) mass is 315 g/mol. The summed E-state index contributed by atoms with van der Waals surface area (Å²) < 4.78 is 37.1. The van der Waals surface area contributed by atoms with Crippen molar-refractivity contribution in [1.82, 2.24) is 4.31 Å². The molecule has 2 rings (SSSR count). The first-order valence-corrected chi connectivity index (χ1v) is 8.33. The van der Waals surface area contributed by atoms with Gasteiger partial charge in [0.15, 0.2) is 11.5 Å². The van der Waals surface area contributed by atoms with Crippen LogP contribution in [0.25, 0.3) is 0 Å². The number of ether oxygens (including phenoxy) is 2. The van der Waals surface area contributed by atoms with Crippen LogP contribution in [-0.4, -0.2) is 51.2 Å². The summed E-state index contributed by atoms with van der Waals surface area (Å²) in [5, 5.41) is 9.15. The summed E-state index contributed by atoms with van der Waals surface area (Å²) in [6, 6.07) is 4.51. The minimum Gasteiger partial charge on any atom is -0.493 e. The predicted molar refractivity (Wildman–Crippen MR) is 78.2 cm³/mol. The average molecular weight is 315 g/mol. The van der Waals surface area contributed by atoms with Crippen molar-refractivity contribution in [3.63, 3.8) is 0 Å². The van der Waals surface area contributed by atoms with E-state index in [1.54, 1.807) is 6.07 Å². The first-order chi connectivity index (χ1) is 10.0. The van der Waals surface area contributed by atoms with Crippen LogP contribution in [0.4, 0.5) is 0 Å². The summed E-state index contributed by atoms with van der Waals surface area (Å²) in [5.41, 5.74) is 0. The van der Waals surface area contributed by atoms with Gasteiger partial charge in [-0.1, -0.05) is 6.42 Å². The third kappa shape index (κ3) is 3.14. The number of rotatable bonds is 7. The molecular formula is C14H21NO5S. The molecule has 1 fully saturated rings. The van der Waals surface area contributed by atoms with Crippen LogP contribution in [0, 0.1) is 0 Å². The summed E-state index contributed by atoms with van der Waals surface area (Å²) in [7, 11) is -0.681. The highest BCUT2D eigenvalue weighted by Crippen LogP contribution is 2.33. The SMILES string of the molecule is COc1ccc(S(=O)(=O)N(CCO)C2CCC2)cc1OC. The van der Waals surface area contributed by atoms with E-state index in [1.165, 1.54) is 30.7 Å². The fourth-order valence-corrected chi connectivity index (χ4v) is 4.08. The summed E-state index contributed by atoms with van der Waals surface area (Å²) in [4.78, 5) is 0.153. The van der Waals surface area contributed by atoms with E-state index >= 15 is 0 Å². The molecular weight excluding hydrogens is 294 g/mol. The van der Waals surface area contributed by atoms with Gasteiger partial charge in [-0.3, -0.25) is 0 Å². The van der Waals surface area contributed by atoms with Gasteiger partial charge in [-0.2, -0.15) is 4.31 Å². The molecule has 7 heteroatoms. The van der Waals surface area contributed by atoms with Crippen LogP contribution in [0.5, 0.6) is 11.5 Å². The van der Waals surface area contributed by atoms with Gasteiger partial charge in [-0.05, 0) is 25.0 Å². The van der Waals surface area contributed by atoms with Gasteiger partial charge < -0.3 is 14.6 Å². The molecule has 0 aliphatic heterocycles. The molecule has 0 saturated heterocycles. The molecule has 0 spiro atoms. The van der Waals surface area contributed by atoms with E-state index in [4.69, 9.17) is 14.6 Å². The molecule has 0 amide bonds. The Morgan fingerprint density at radius 2 is 1.90 bits per heavy atom. The molecule has 1 N–H and O–H groups in total. The van der Waals surface area contributed by atoms with Crippen LogP contribution in [0.3, 0.4) is 0 Å². The van der Waals surface area contributed by atoms with Crippen molar-refractivity contribution in [3.05, 3.63) is 18.2 Å². The zero-order valence-corrected chi connectivity index (χ0v) is 13.1. The van der Waals surface area contributed by atoms with Crippen LogP contribution in [0.15, 0.2) is 23.1 Å². The van der Waals surface area contributed by atoms with Gasteiger partial charge >= 0.3 is 0 Å². The minimum atomic E-state index is -3.64. The standard InChI is InChI=1S/C14H21NO5S/c1-19-13-7-6-12(10-14(13)20-2)21(17,18)15(8-9-16)11-4-3-5-11/h6-7,10-11,16H,3-5,8-9H2,1-2H3. The number of aliphatic hydroxyl groups is 1. The molecule has 1 aliphatic rings. The number of hydrogen-bond donors (Lipinski definition) is 1. The predicted octanol–water partition coefficient (Wildman–Crippen LogP) is 1.24. The van der Waals surface area contributed by atoms with Gasteiger partial charge in [-0.25, -0.2) is 8.42 Å². The largest absolute Gasteiger partial charge is 0.493 e. The number of hydrogen-bond acceptors (Lipinski definition) is 5. The van der Waals surface area contributed by atoms with E-state index < -0.39 is 10.0 Å². The zero-order chi connectivity index (χ0) is 15.5. The second-order valence-electron chi connectivity index (χ2n) is 4.94. The van der Waals surface area contributed by atoms with Crippen LogP contribution in [0.2, 0.25) is 0 Å². The summed E-state index contributed by atoms with van der Waals surface area (Å²) in [5.74, 6) is 0.852. The van der Waals surface area contributed by atoms with Gasteiger partial charge in [-0.15, -0.1) is 0 Å². The van der Waals surface area contributed by atoms with Crippen molar-refractivity contribution >= 4 is 10.0 Å². The lowest BCUT2D eigenvalue weighted by Gasteiger charge is -2.36. The third-order valence-corrected chi connectivity index (χ3v) is 5.71. The van der Waals surface area contributed by atoms with E-state index in [-0.39, 0.29) is 24.1 Å². The van der Waals surface area contributed by atoms with Crippen LogP contribution < -0.4 is 9.47 Å². The number of aliphatic hydroxyl groups excluding tert-OH is 1. The number of benzene rings is 1. The van der Waals surface area contributed by atoms with Gasteiger partial charge in [0.1, 0.15) is 0 Å². The maximum absolute atomic E-state index is 12.7. The molecule has 1 aromatic carbocycles. The summed E-state index contributed by atoms with van der Waals surface area (Å²) in [6.07, 6.45) is 2.70. The van der Waals surface area contributed by atoms with Gasteiger partial charge in [0, 0.05) is 18.7 Å². The zero-order valence-electron chi connectivity index (χ0n) is 12.3. The lowest BCUT2D eigenvalue weighted by atomic mass is 9.93. The summed E-state index contributed by atoms with van der Waals surface area (Å²) in [6.45, 7) is -0.0790. The second kappa shape index (κ2) is 6.64. The van der Waals surface area contributed by atoms with E-state index in [0.29, 0.717) is 11.5 Å². The molecule has 1 aromatic rings. The smallest absolute Gasteiger partial charge is 0.243 e. The molecule has 6 nitrogen and oxygen atoms in total. The minimum absolute atomic E-state index is 0.0183. The van der Waals surface area contributed by atoms with Gasteiger partial charge in [0.2, 0.25) is 10.0 Å². The van der Waals surface area contributed by atoms with Crippen molar-refractivity contribution in [1.29, 1.82) is 0 Å². The molecule has 0 radical (unpaired) electrons. The summed E-state index contributed by atoms with van der Waals surface area (Å²) >= 11 is 0. The third-order valence-electron chi connectivity index (χ3n) is 3.76. The van der Waals surface area contributed by atoms with E-state index in [1.807, 2.05) is 0 Å². The van der Waals surface area contributed by atoms with Crippen molar-refractivity contribution < 1.29 is 23.0 Å². The first kappa shape index (κ1) is 16.1. The highest BCUT2D eigenvalue weighted by Gasteiger charge is 2.34. The molecule has 21 heavy (non-hydrogen) atoms. The molecule has 0 aromatic heterocycles. The lowest BCUT2D eigenvalue weighted by molar-refractivity contribution is 0.178. The fourth-order valence-electron chi connectivity index (χ4n) is 2.38. The van der Waals surface area contributed by atoms with E-state index in [9.17, 15) is 8.42 Å². The van der Waals surface area contributed by atoms with Crippen LogP contribution in [-0.2, 0) is 10.0 Å². The maximum Gasteiger partial charge on any atom is 0.243 e. The van der Waals surface area contributed by atoms with Gasteiger partial charge in [0.05, 0.1) is 25.7 Å². The van der Waals surface area contributed by atoms with Crippen LogP contribution >= 0.6 is 0 Å². The topological polar surface area (TPSA) is 76.1 Å².